The second kappa shape index (κ2) is 6.43. The van der Waals surface area contributed by atoms with Gasteiger partial charge in [0.15, 0.2) is 0 Å². The number of carbonyl (C=O) groups is 1. The Morgan fingerprint density at radius 1 is 1.38 bits per heavy atom. The fraction of sp³-hybridized carbons (Fsp3) is 0.500. The van der Waals surface area contributed by atoms with Crippen LogP contribution in [0.4, 0.5) is 0 Å². The van der Waals surface area contributed by atoms with E-state index >= 15 is 0 Å². The lowest BCUT2D eigenvalue weighted by Crippen LogP contribution is -2.27. The molecule has 0 bridgehead atoms. The van der Waals surface area contributed by atoms with Crippen LogP contribution in [-0.4, -0.2) is 36.1 Å². The molecule has 0 rings (SSSR count). The number of carboxylic acid groups (broad SMARTS) is 1. The molecule has 3 nitrogen and oxygen atoms in total. The molecule has 0 radical (unpaired) electrons. The Kier molecular flexibility index (Phi) is 5.89. The van der Waals surface area contributed by atoms with Crippen LogP contribution in [0, 0.1) is 0 Å². The number of hydrogen-bond acceptors (Lipinski definition) is 2. The Bertz CT molecular complexity index is 219. The zero-order valence-electron chi connectivity index (χ0n) is 8.45. The molecule has 0 saturated heterocycles. The molecule has 0 aromatic carbocycles. The third kappa shape index (κ3) is 6.11. The molecule has 74 valence electrons. The summed E-state index contributed by atoms with van der Waals surface area (Å²) < 4.78 is 0. The van der Waals surface area contributed by atoms with Gasteiger partial charge in [-0.05, 0) is 26.5 Å². The number of carboxylic acids is 1. The van der Waals surface area contributed by atoms with Crippen LogP contribution in [-0.2, 0) is 4.79 Å². The predicted molar refractivity (Wildman–Crippen MR) is 53.7 cm³/mol. The molecule has 0 aliphatic heterocycles. The minimum Gasteiger partial charge on any atom is -0.480 e. The first-order valence-electron chi connectivity index (χ1n) is 4.28. The molecular formula is C10H17NO2. The molecule has 13 heavy (non-hydrogen) atoms. The summed E-state index contributed by atoms with van der Waals surface area (Å²) >= 11 is 0. The molecule has 0 aromatic rings. The van der Waals surface area contributed by atoms with Gasteiger partial charge in [-0.15, -0.1) is 0 Å². The van der Waals surface area contributed by atoms with E-state index in [0.717, 1.165) is 5.57 Å². The highest BCUT2D eigenvalue weighted by molar-refractivity contribution is 5.69. The number of aliphatic carboxylic acids is 1. The second-order valence-corrected chi connectivity index (χ2v) is 2.93. The molecule has 0 atom stereocenters. The number of rotatable bonds is 5. The highest BCUT2D eigenvalue weighted by atomic mass is 16.4. The Morgan fingerprint density at radius 2 is 2.00 bits per heavy atom. The van der Waals surface area contributed by atoms with Crippen LogP contribution in [0.3, 0.4) is 0 Å². The average molecular weight is 183 g/mol. The number of hydrogen-bond donors (Lipinski definition) is 1. The maximum atomic E-state index is 10.4. The fourth-order valence-corrected chi connectivity index (χ4v) is 1.05. The van der Waals surface area contributed by atoms with Gasteiger partial charge >= 0.3 is 5.97 Å². The lowest BCUT2D eigenvalue weighted by molar-refractivity contribution is -0.137. The van der Waals surface area contributed by atoms with Crippen LogP contribution >= 0.6 is 0 Å². The maximum absolute atomic E-state index is 10.4. The van der Waals surface area contributed by atoms with E-state index in [4.69, 9.17) is 5.11 Å². The average Bonchev–Trinajstić information content (AvgIpc) is 2.02. The topological polar surface area (TPSA) is 40.5 Å². The van der Waals surface area contributed by atoms with E-state index in [0.29, 0.717) is 6.54 Å². The third-order valence-electron chi connectivity index (χ3n) is 1.61. The molecule has 0 saturated carbocycles. The van der Waals surface area contributed by atoms with E-state index < -0.39 is 5.97 Å². The summed E-state index contributed by atoms with van der Waals surface area (Å²) in [5, 5.41) is 8.52. The van der Waals surface area contributed by atoms with Crippen molar-refractivity contribution in [3.8, 4) is 0 Å². The van der Waals surface area contributed by atoms with Crippen LogP contribution in [0.1, 0.15) is 13.8 Å². The van der Waals surface area contributed by atoms with E-state index in [-0.39, 0.29) is 6.54 Å². The summed E-state index contributed by atoms with van der Waals surface area (Å²) in [5.41, 5.74) is 1.13. The zero-order valence-corrected chi connectivity index (χ0v) is 8.45. The quantitative estimate of drug-likeness (QED) is 0.657. The van der Waals surface area contributed by atoms with Crippen molar-refractivity contribution >= 4 is 5.97 Å². The van der Waals surface area contributed by atoms with Gasteiger partial charge in [-0.1, -0.05) is 18.2 Å². The van der Waals surface area contributed by atoms with Gasteiger partial charge in [0, 0.05) is 6.54 Å². The van der Waals surface area contributed by atoms with Crippen molar-refractivity contribution < 1.29 is 9.90 Å². The van der Waals surface area contributed by atoms with E-state index in [9.17, 15) is 4.79 Å². The lowest BCUT2D eigenvalue weighted by Gasteiger charge is -2.14. The van der Waals surface area contributed by atoms with Gasteiger partial charge in [-0.25, -0.2) is 0 Å². The Morgan fingerprint density at radius 3 is 2.38 bits per heavy atom. The first-order valence-corrected chi connectivity index (χ1v) is 4.28. The van der Waals surface area contributed by atoms with Crippen molar-refractivity contribution in [3.05, 3.63) is 23.8 Å². The van der Waals surface area contributed by atoms with Gasteiger partial charge in [0.05, 0.1) is 6.54 Å². The predicted octanol–water partition coefficient (Wildman–Crippen LogP) is 1.53. The van der Waals surface area contributed by atoms with Gasteiger partial charge < -0.3 is 5.11 Å². The summed E-state index contributed by atoms with van der Waals surface area (Å²) in [4.78, 5) is 12.1. The van der Waals surface area contributed by atoms with Crippen molar-refractivity contribution in [2.45, 2.75) is 13.8 Å². The van der Waals surface area contributed by atoms with Crippen molar-refractivity contribution in [2.75, 3.05) is 20.1 Å². The van der Waals surface area contributed by atoms with Crippen LogP contribution in [0.2, 0.25) is 0 Å². The smallest absolute Gasteiger partial charge is 0.317 e. The maximum Gasteiger partial charge on any atom is 0.317 e. The summed E-state index contributed by atoms with van der Waals surface area (Å²) in [6, 6.07) is 0. The minimum atomic E-state index is -0.793. The van der Waals surface area contributed by atoms with Crippen LogP contribution < -0.4 is 0 Å². The van der Waals surface area contributed by atoms with E-state index in [1.807, 2.05) is 32.1 Å². The van der Waals surface area contributed by atoms with Crippen molar-refractivity contribution in [2.24, 2.45) is 0 Å². The number of allylic oxidation sites excluding steroid dienone is 2. The van der Waals surface area contributed by atoms with Crippen molar-refractivity contribution in [3.63, 3.8) is 0 Å². The first kappa shape index (κ1) is 11.9. The second-order valence-electron chi connectivity index (χ2n) is 2.93. The minimum absolute atomic E-state index is 0.0783. The monoisotopic (exact) mass is 183 g/mol. The standard InChI is InChI=1S/C10H17NO2/c1-4-6-9(5-2)7-11(3)8-10(12)13/h4-6H,7-8H2,1-3H3,(H,12,13). The Balaban J connectivity index is 4.02. The molecule has 0 unspecified atom stereocenters. The molecule has 3 heteroatoms. The molecule has 0 fully saturated rings. The molecule has 0 aliphatic rings. The van der Waals surface area contributed by atoms with Crippen molar-refractivity contribution in [1.82, 2.24) is 4.90 Å². The van der Waals surface area contributed by atoms with Gasteiger partial charge in [0.25, 0.3) is 0 Å². The van der Waals surface area contributed by atoms with Gasteiger partial charge in [-0.2, -0.15) is 0 Å². The molecule has 0 heterocycles. The summed E-state index contributed by atoms with van der Waals surface area (Å²) in [7, 11) is 1.79. The van der Waals surface area contributed by atoms with Crippen molar-refractivity contribution in [1.29, 1.82) is 0 Å². The molecule has 0 aromatic heterocycles. The molecule has 0 aliphatic carbocycles. The highest BCUT2D eigenvalue weighted by Crippen LogP contribution is 1.99. The number of likely N-dealkylation sites (N-methyl/N-ethyl adjacent to an activating group) is 1. The third-order valence-corrected chi connectivity index (χ3v) is 1.61. The van der Waals surface area contributed by atoms with E-state index in [1.165, 1.54) is 0 Å². The van der Waals surface area contributed by atoms with E-state index in [2.05, 4.69) is 0 Å². The van der Waals surface area contributed by atoms with Gasteiger partial charge in [0.1, 0.15) is 0 Å². The molecule has 0 amide bonds. The Hall–Kier alpha value is -1.09. The zero-order chi connectivity index (χ0) is 10.3. The molecular weight excluding hydrogens is 166 g/mol. The largest absolute Gasteiger partial charge is 0.480 e. The van der Waals surface area contributed by atoms with Crippen LogP contribution in [0.5, 0.6) is 0 Å². The Labute approximate surface area is 79.4 Å². The molecule has 1 N–H and O–H groups in total. The van der Waals surface area contributed by atoms with Crippen LogP contribution in [0.25, 0.3) is 0 Å². The SMILES string of the molecule is CC=CC(=CC)CN(C)CC(=O)O. The summed E-state index contributed by atoms with van der Waals surface area (Å²) in [6.45, 7) is 4.65. The summed E-state index contributed by atoms with van der Waals surface area (Å²) in [5.74, 6) is -0.793. The van der Waals surface area contributed by atoms with Gasteiger partial charge in [-0.3, -0.25) is 9.69 Å². The first-order chi connectivity index (χ1) is 6.10. The van der Waals surface area contributed by atoms with E-state index in [1.54, 1.807) is 11.9 Å². The highest BCUT2D eigenvalue weighted by Gasteiger charge is 2.04. The van der Waals surface area contributed by atoms with Crippen LogP contribution in [0.15, 0.2) is 23.8 Å². The fourth-order valence-electron chi connectivity index (χ4n) is 1.05. The summed E-state index contributed by atoms with van der Waals surface area (Å²) in [6.07, 6.45) is 5.92. The van der Waals surface area contributed by atoms with Gasteiger partial charge in [0.2, 0.25) is 0 Å². The lowest BCUT2D eigenvalue weighted by atomic mass is 10.2. The molecule has 0 spiro atoms. The normalized spacial score (nSPS) is 12.8. The number of nitrogens with zero attached hydrogens (tertiary/aromatic N) is 1.